The van der Waals surface area contributed by atoms with E-state index in [-0.39, 0.29) is 26.3 Å². The van der Waals surface area contributed by atoms with Gasteiger partial charge < -0.3 is 0 Å². The van der Waals surface area contributed by atoms with Crippen LogP contribution in [0.5, 0.6) is 0 Å². The van der Waals surface area contributed by atoms with Crippen molar-refractivity contribution < 1.29 is 13.2 Å². The molecule has 0 spiro atoms. The Morgan fingerprint density at radius 2 is 1.68 bits per heavy atom. The molecule has 2 aromatic rings. The molecule has 0 saturated heterocycles. The summed E-state index contributed by atoms with van der Waals surface area (Å²) in [6.07, 6.45) is -3.95. The zero-order chi connectivity index (χ0) is 16.5. The molecule has 0 aliphatic heterocycles. The fourth-order valence-corrected chi connectivity index (χ4v) is 2.76. The lowest BCUT2D eigenvalue weighted by Crippen LogP contribution is -2.09. The summed E-state index contributed by atoms with van der Waals surface area (Å²) in [5.74, 6) is -1.07. The average Bonchev–Trinajstić information content (AvgIpc) is 2.42. The van der Waals surface area contributed by atoms with E-state index in [2.05, 4.69) is 4.98 Å². The molecule has 0 amide bonds. The second-order valence-electron chi connectivity index (χ2n) is 4.29. The van der Waals surface area contributed by atoms with Gasteiger partial charge in [0.1, 0.15) is 5.92 Å². The highest BCUT2D eigenvalue weighted by Gasteiger charge is 2.33. The van der Waals surface area contributed by atoms with Crippen LogP contribution < -0.4 is 0 Å². The van der Waals surface area contributed by atoms with E-state index in [0.29, 0.717) is 6.20 Å². The molecule has 114 valence electrons. The molecule has 2 nitrogen and oxygen atoms in total. The minimum Gasteiger partial charge on any atom is -0.257 e. The summed E-state index contributed by atoms with van der Waals surface area (Å²) in [5.41, 5.74) is -0.780. The van der Waals surface area contributed by atoms with Crippen LogP contribution in [0.3, 0.4) is 0 Å². The number of halogens is 6. The number of pyridine rings is 1. The summed E-state index contributed by atoms with van der Waals surface area (Å²) in [4.78, 5) is 3.68. The predicted molar refractivity (Wildman–Crippen MR) is 78.2 cm³/mol. The number of benzene rings is 1. The van der Waals surface area contributed by atoms with Crippen LogP contribution >= 0.6 is 34.8 Å². The largest absolute Gasteiger partial charge is 0.417 e. The quantitative estimate of drug-likeness (QED) is 0.683. The van der Waals surface area contributed by atoms with Gasteiger partial charge in [-0.25, -0.2) is 0 Å². The highest BCUT2D eigenvalue weighted by atomic mass is 35.5. The standard InChI is InChI=1S/C14H6Cl3F3N2/c15-9-2-1-3-10(16)12(9)8(5-21)13-11(17)4-7(6-22-13)14(18,19)20/h1-4,6,8H. The predicted octanol–water partition coefficient (Wildman–Crippen LogP) is 5.72. The molecule has 8 heteroatoms. The first-order valence-electron chi connectivity index (χ1n) is 5.82. The summed E-state index contributed by atoms with van der Waals surface area (Å²) in [6.45, 7) is 0. The SMILES string of the molecule is N#CC(c1ncc(C(F)(F)F)cc1Cl)c1c(Cl)cccc1Cl. The van der Waals surface area contributed by atoms with Gasteiger partial charge in [-0.1, -0.05) is 40.9 Å². The van der Waals surface area contributed by atoms with Crippen LogP contribution in [0, 0.1) is 11.3 Å². The van der Waals surface area contributed by atoms with Crippen molar-refractivity contribution in [1.82, 2.24) is 4.98 Å². The van der Waals surface area contributed by atoms with Gasteiger partial charge in [-0.15, -0.1) is 0 Å². The van der Waals surface area contributed by atoms with Gasteiger partial charge in [-0.2, -0.15) is 18.4 Å². The van der Waals surface area contributed by atoms with Crippen LogP contribution in [0.4, 0.5) is 13.2 Å². The normalized spacial score (nSPS) is 12.8. The van der Waals surface area contributed by atoms with E-state index in [4.69, 9.17) is 34.8 Å². The van der Waals surface area contributed by atoms with Crippen LogP contribution in [-0.2, 0) is 6.18 Å². The van der Waals surface area contributed by atoms with Gasteiger partial charge >= 0.3 is 6.18 Å². The molecule has 1 aromatic heterocycles. The molecule has 0 aliphatic rings. The Bertz CT molecular complexity index is 734. The van der Waals surface area contributed by atoms with Crippen LogP contribution in [0.15, 0.2) is 30.5 Å². The Labute approximate surface area is 139 Å². The summed E-state index contributed by atoms with van der Waals surface area (Å²) in [6, 6.07) is 7.27. The Morgan fingerprint density at radius 3 is 2.14 bits per heavy atom. The van der Waals surface area contributed by atoms with E-state index in [9.17, 15) is 18.4 Å². The number of nitriles is 1. The molecule has 22 heavy (non-hydrogen) atoms. The fraction of sp³-hybridized carbons (Fsp3) is 0.143. The monoisotopic (exact) mass is 364 g/mol. The van der Waals surface area contributed by atoms with Crippen LogP contribution in [-0.4, -0.2) is 4.98 Å². The van der Waals surface area contributed by atoms with Crippen molar-refractivity contribution in [1.29, 1.82) is 5.26 Å². The van der Waals surface area contributed by atoms with Gasteiger partial charge in [0.2, 0.25) is 0 Å². The Balaban J connectivity index is 2.57. The third-order valence-corrected chi connectivity index (χ3v) is 3.85. The van der Waals surface area contributed by atoms with Gasteiger partial charge in [0.15, 0.2) is 0 Å². The zero-order valence-corrected chi connectivity index (χ0v) is 12.9. The van der Waals surface area contributed by atoms with Crippen molar-refractivity contribution in [3.05, 3.63) is 62.4 Å². The van der Waals surface area contributed by atoms with E-state index >= 15 is 0 Å². The van der Waals surface area contributed by atoms with Gasteiger partial charge in [0, 0.05) is 21.8 Å². The third kappa shape index (κ3) is 3.30. The van der Waals surface area contributed by atoms with Gasteiger partial charge in [0.25, 0.3) is 0 Å². The van der Waals surface area contributed by atoms with E-state index in [1.54, 1.807) is 6.07 Å². The summed E-state index contributed by atoms with van der Waals surface area (Å²) in [5, 5.41) is 9.48. The lowest BCUT2D eigenvalue weighted by Gasteiger charge is -2.15. The number of nitrogens with zero attached hydrogens (tertiary/aromatic N) is 2. The molecule has 1 heterocycles. The van der Waals surface area contributed by atoms with Crippen molar-refractivity contribution in [2.75, 3.05) is 0 Å². The third-order valence-electron chi connectivity index (χ3n) is 2.89. The molecule has 1 aromatic carbocycles. The second kappa shape index (κ2) is 6.33. The molecule has 0 radical (unpaired) electrons. The molecule has 0 aliphatic carbocycles. The Kier molecular flexibility index (Phi) is 4.86. The average molecular weight is 366 g/mol. The lowest BCUT2D eigenvalue weighted by molar-refractivity contribution is -0.137. The van der Waals surface area contributed by atoms with E-state index in [1.165, 1.54) is 12.1 Å². The smallest absolute Gasteiger partial charge is 0.257 e. The topological polar surface area (TPSA) is 36.7 Å². The maximum Gasteiger partial charge on any atom is 0.417 e. The first-order valence-corrected chi connectivity index (χ1v) is 6.95. The van der Waals surface area contributed by atoms with Crippen molar-refractivity contribution in [2.45, 2.75) is 12.1 Å². The van der Waals surface area contributed by atoms with Gasteiger partial charge in [0.05, 0.1) is 22.3 Å². The molecule has 1 unspecified atom stereocenters. The van der Waals surface area contributed by atoms with Crippen molar-refractivity contribution in [3.63, 3.8) is 0 Å². The number of hydrogen-bond donors (Lipinski definition) is 0. The van der Waals surface area contributed by atoms with Crippen LogP contribution in [0.25, 0.3) is 0 Å². The number of hydrogen-bond acceptors (Lipinski definition) is 2. The second-order valence-corrected chi connectivity index (χ2v) is 5.51. The molecular formula is C14H6Cl3F3N2. The van der Waals surface area contributed by atoms with Crippen molar-refractivity contribution in [2.24, 2.45) is 0 Å². The zero-order valence-electron chi connectivity index (χ0n) is 10.6. The minimum atomic E-state index is -4.57. The fourth-order valence-electron chi connectivity index (χ4n) is 1.86. The van der Waals surface area contributed by atoms with Crippen molar-refractivity contribution in [3.8, 4) is 6.07 Å². The van der Waals surface area contributed by atoms with Gasteiger partial charge in [-0.05, 0) is 18.2 Å². The van der Waals surface area contributed by atoms with Crippen molar-refractivity contribution >= 4 is 34.8 Å². The first kappa shape index (κ1) is 16.9. The van der Waals surface area contributed by atoms with E-state index < -0.39 is 17.7 Å². The van der Waals surface area contributed by atoms with Gasteiger partial charge in [-0.3, -0.25) is 4.98 Å². The van der Waals surface area contributed by atoms with E-state index in [1.807, 2.05) is 6.07 Å². The number of aromatic nitrogens is 1. The molecule has 2 rings (SSSR count). The molecule has 1 atom stereocenters. The van der Waals surface area contributed by atoms with Crippen LogP contribution in [0.1, 0.15) is 22.7 Å². The number of rotatable bonds is 2. The number of alkyl halides is 3. The molecule has 0 fully saturated rings. The summed E-state index contributed by atoms with van der Waals surface area (Å²) < 4.78 is 37.9. The molecular weight excluding hydrogens is 360 g/mol. The van der Waals surface area contributed by atoms with E-state index in [0.717, 1.165) is 6.07 Å². The highest BCUT2D eigenvalue weighted by Crippen LogP contribution is 2.38. The maximum atomic E-state index is 12.6. The highest BCUT2D eigenvalue weighted by molar-refractivity contribution is 6.36. The molecule has 0 bridgehead atoms. The Morgan fingerprint density at radius 1 is 1.09 bits per heavy atom. The van der Waals surface area contributed by atoms with Crippen LogP contribution in [0.2, 0.25) is 15.1 Å². The molecule has 0 saturated carbocycles. The first-order chi connectivity index (χ1) is 10.3. The minimum absolute atomic E-state index is 0.0350. The lowest BCUT2D eigenvalue weighted by atomic mass is 9.96. The molecule has 0 N–H and O–H groups in total. The Hall–Kier alpha value is -1.48. The summed E-state index contributed by atoms with van der Waals surface area (Å²) >= 11 is 17.9. The maximum absolute atomic E-state index is 12.6. The summed E-state index contributed by atoms with van der Waals surface area (Å²) in [7, 11) is 0.